The van der Waals surface area contributed by atoms with Crippen LogP contribution in [0.5, 0.6) is 0 Å². The lowest BCUT2D eigenvalue weighted by molar-refractivity contribution is -0.119. The Kier molecular flexibility index (Phi) is 0.571. The van der Waals surface area contributed by atoms with Gasteiger partial charge in [-0.3, -0.25) is 4.79 Å². The molecule has 0 aromatic rings. The standard InChI is InChI=1S/C8H8O2/c9-2-3-1-4-5-6(4)7(5)8(3)10/h2,4-7,9H,1H2/b3-2-. The minimum Gasteiger partial charge on any atom is -0.515 e. The molecule has 0 saturated heterocycles. The molecule has 2 bridgehead atoms. The van der Waals surface area contributed by atoms with Gasteiger partial charge in [-0.2, -0.15) is 0 Å². The first-order valence-corrected chi connectivity index (χ1v) is 3.72. The summed E-state index contributed by atoms with van der Waals surface area (Å²) in [4.78, 5) is 11.2. The van der Waals surface area contributed by atoms with E-state index in [0.717, 1.165) is 30.4 Å². The molecule has 4 fully saturated rings. The molecule has 4 saturated carbocycles. The fraction of sp³-hybridized carbons (Fsp3) is 0.625. The van der Waals surface area contributed by atoms with Crippen molar-refractivity contribution >= 4 is 5.78 Å². The topological polar surface area (TPSA) is 37.3 Å². The minimum atomic E-state index is 0.222. The Balaban J connectivity index is 1.97. The fourth-order valence-electron chi connectivity index (χ4n) is 2.48. The van der Waals surface area contributed by atoms with Gasteiger partial charge < -0.3 is 5.11 Å². The van der Waals surface area contributed by atoms with Gasteiger partial charge in [-0.1, -0.05) is 0 Å². The van der Waals surface area contributed by atoms with Crippen LogP contribution in [-0.4, -0.2) is 10.9 Å². The third kappa shape index (κ3) is 0.326. The quantitative estimate of drug-likeness (QED) is 0.396. The molecule has 4 rings (SSSR count). The third-order valence-electron chi connectivity index (χ3n) is 3.21. The zero-order valence-electron chi connectivity index (χ0n) is 5.45. The Hall–Kier alpha value is -0.790. The molecule has 4 aliphatic carbocycles. The number of carbonyl (C=O) groups is 1. The Labute approximate surface area is 58.5 Å². The SMILES string of the molecule is O=C1/C(=C\O)CC2C3C1C23. The summed E-state index contributed by atoms with van der Waals surface area (Å²) in [6.07, 6.45) is 1.85. The molecule has 0 spiro atoms. The number of hydrogen-bond acceptors (Lipinski definition) is 2. The first-order chi connectivity index (χ1) is 4.84. The lowest BCUT2D eigenvalue weighted by Crippen LogP contribution is -2.22. The van der Waals surface area contributed by atoms with Gasteiger partial charge in [0.05, 0.1) is 6.26 Å². The van der Waals surface area contributed by atoms with Crippen LogP contribution >= 0.6 is 0 Å². The molecule has 2 nitrogen and oxygen atoms in total. The largest absolute Gasteiger partial charge is 0.515 e. The molecule has 1 N–H and O–H groups in total. The molecule has 0 aliphatic heterocycles. The average molecular weight is 136 g/mol. The van der Waals surface area contributed by atoms with Crippen LogP contribution in [0.2, 0.25) is 0 Å². The number of aliphatic hydroxyl groups is 1. The third-order valence-corrected chi connectivity index (χ3v) is 3.21. The van der Waals surface area contributed by atoms with Gasteiger partial charge in [-0.25, -0.2) is 0 Å². The molecule has 2 atom stereocenters. The molecule has 0 aromatic carbocycles. The van der Waals surface area contributed by atoms with E-state index in [9.17, 15) is 4.79 Å². The highest BCUT2D eigenvalue weighted by molar-refractivity contribution is 6.02. The van der Waals surface area contributed by atoms with Crippen LogP contribution < -0.4 is 0 Å². The summed E-state index contributed by atoms with van der Waals surface area (Å²) in [7, 11) is 0. The lowest BCUT2D eigenvalue weighted by Gasteiger charge is -2.19. The second-order valence-corrected chi connectivity index (χ2v) is 3.57. The van der Waals surface area contributed by atoms with Crippen molar-refractivity contribution < 1.29 is 9.90 Å². The van der Waals surface area contributed by atoms with Gasteiger partial charge >= 0.3 is 0 Å². The average Bonchev–Trinajstić information content (AvgIpc) is 2.74. The maximum Gasteiger partial charge on any atom is 0.165 e. The highest BCUT2D eigenvalue weighted by Gasteiger charge is 2.78. The molecule has 0 aromatic heterocycles. The van der Waals surface area contributed by atoms with E-state index in [1.807, 2.05) is 0 Å². The summed E-state index contributed by atoms with van der Waals surface area (Å²) < 4.78 is 0. The van der Waals surface area contributed by atoms with E-state index in [1.54, 1.807) is 0 Å². The summed E-state index contributed by atoms with van der Waals surface area (Å²) in [5.41, 5.74) is 0.667. The van der Waals surface area contributed by atoms with Gasteiger partial charge in [-0.15, -0.1) is 0 Å². The number of fused-ring (bicyclic) bond motifs is 2. The van der Waals surface area contributed by atoms with Crippen LogP contribution in [0.4, 0.5) is 0 Å². The highest BCUT2D eigenvalue weighted by atomic mass is 16.2. The second kappa shape index (κ2) is 1.16. The van der Waals surface area contributed by atoms with Gasteiger partial charge in [0.2, 0.25) is 0 Å². The monoisotopic (exact) mass is 136 g/mol. The van der Waals surface area contributed by atoms with Crippen LogP contribution in [0.3, 0.4) is 0 Å². The normalized spacial score (nSPS) is 58.4. The van der Waals surface area contributed by atoms with Gasteiger partial charge in [0.15, 0.2) is 5.78 Å². The van der Waals surface area contributed by atoms with E-state index >= 15 is 0 Å². The summed E-state index contributed by atoms with van der Waals surface area (Å²) in [6.45, 7) is 0. The van der Waals surface area contributed by atoms with E-state index in [-0.39, 0.29) is 5.78 Å². The predicted molar refractivity (Wildman–Crippen MR) is 34.3 cm³/mol. The molecule has 0 amide bonds. The Morgan fingerprint density at radius 1 is 1.50 bits per heavy atom. The Morgan fingerprint density at radius 3 is 2.70 bits per heavy atom. The van der Waals surface area contributed by atoms with Gasteiger partial charge in [-0.05, 0) is 24.2 Å². The van der Waals surface area contributed by atoms with E-state index in [0.29, 0.717) is 11.5 Å². The van der Waals surface area contributed by atoms with E-state index in [2.05, 4.69) is 0 Å². The van der Waals surface area contributed by atoms with Crippen molar-refractivity contribution in [3.8, 4) is 0 Å². The number of Topliss-reactive ketones (excluding diaryl/α,β-unsaturated/α-hetero) is 1. The molecule has 10 heavy (non-hydrogen) atoms. The predicted octanol–water partition coefficient (Wildman–Crippen LogP) is 0.893. The summed E-state index contributed by atoms with van der Waals surface area (Å²) in [6, 6.07) is 0. The zero-order valence-corrected chi connectivity index (χ0v) is 5.45. The minimum absolute atomic E-state index is 0.222. The van der Waals surface area contributed by atoms with E-state index in [4.69, 9.17) is 5.11 Å². The first-order valence-electron chi connectivity index (χ1n) is 3.72. The first kappa shape index (κ1) is 4.94. The van der Waals surface area contributed by atoms with Crippen molar-refractivity contribution in [2.75, 3.05) is 0 Å². The lowest BCUT2D eigenvalue weighted by atomic mass is 9.84. The maximum atomic E-state index is 11.2. The van der Waals surface area contributed by atoms with Crippen molar-refractivity contribution in [1.82, 2.24) is 0 Å². The fourth-order valence-corrected chi connectivity index (χ4v) is 2.48. The van der Waals surface area contributed by atoms with Gasteiger partial charge in [0.1, 0.15) is 0 Å². The number of hydrogen-bond donors (Lipinski definition) is 1. The van der Waals surface area contributed by atoms with Crippen LogP contribution in [-0.2, 0) is 4.79 Å². The van der Waals surface area contributed by atoms with Crippen LogP contribution in [0.25, 0.3) is 0 Å². The maximum absolute atomic E-state index is 11.2. The molecular formula is C8H8O2. The van der Waals surface area contributed by atoms with Crippen molar-refractivity contribution in [2.45, 2.75) is 6.42 Å². The number of carbonyl (C=O) groups excluding carboxylic acids is 1. The number of ketones is 1. The van der Waals surface area contributed by atoms with Crippen molar-refractivity contribution in [2.24, 2.45) is 23.7 Å². The molecular weight excluding hydrogens is 128 g/mol. The Bertz CT molecular complexity index is 244. The summed E-state index contributed by atoms with van der Waals surface area (Å²) >= 11 is 0. The molecule has 0 radical (unpaired) electrons. The summed E-state index contributed by atoms with van der Waals surface area (Å²) in [5, 5.41) is 8.63. The number of aliphatic hydroxyl groups excluding tert-OH is 1. The molecule has 0 heterocycles. The molecule has 2 unspecified atom stereocenters. The molecule has 2 heteroatoms. The molecule has 4 aliphatic rings. The van der Waals surface area contributed by atoms with Crippen molar-refractivity contribution in [3.63, 3.8) is 0 Å². The smallest absolute Gasteiger partial charge is 0.165 e. The Morgan fingerprint density at radius 2 is 2.20 bits per heavy atom. The second-order valence-electron chi connectivity index (χ2n) is 3.57. The van der Waals surface area contributed by atoms with Gasteiger partial charge in [0, 0.05) is 11.5 Å². The van der Waals surface area contributed by atoms with E-state index in [1.165, 1.54) is 0 Å². The van der Waals surface area contributed by atoms with Crippen molar-refractivity contribution in [1.29, 1.82) is 0 Å². The van der Waals surface area contributed by atoms with Crippen LogP contribution in [0, 0.1) is 23.7 Å². The van der Waals surface area contributed by atoms with Gasteiger partial charge in [0.25, 0.3) is 0 Å². The van der Waals surface area contributed by atoms with E-state index < -0.39 is 0 Å². The van der Waals surface area contributed by atoms with Crippen molar-refractivity contribution in [3.05, 3.63) is 11.8 Å². The van der Waals surface area contributed by atoms with Crippen LogP contribution in [0.1, 0.15) is 6.42 Å². The highest BCUT2D eigenvalue weighted by Crippen LogP contribution is 2.78. The van der Waals surface area contributed by atoms with Crippen LogP contribution in [0.15, 0.2) is 11.8 Å². The number of allylic oxidation sites excluding steroid dienone is 1. The number of rotatable bonds is 0. The zero-order chi connectivity index (χ0) is 6.88. The molecule has 52 valence electrons. The summed E-state index contributed by atoms with van der Waals surface area (Å²) in [5.74, 6) is 2.84.